The lowest BCUT2D eigenvalue weighted by molar-refractivity contribution is -0.122. The maximum Gasteiger partial charge on any atom is 0.414 e. The quantitative estimate of drug-likeness (QED) is 0.761. The maximum atomic E-state index is 11.8. The SMILES string of the molecule is CCNC(=O)[C@H](C)NC(=O)Nc1ccc(N2CCOC2=O)cc1. The highest BCUT2D eigenvalue weighted by Crippen LogP contribution is 2.20. The summed E-state index contributed by atoms with van der Waals surface area (Å²) in [7, 11) is 0. The Balaban J connectivity index is 1.89. The average molecular weight is 320 g/mol. The highest BCUT2D eigenvalue weighted by Gasteiger charge is 2.23. The van der Waals surface area contributed by atoms with Crippen molar-refractivity contribution in [2.24, 2.45) is 0 Å². The Bertz CT molecular complexity index is 588. The van der Waals surface area contributed by atoms with Crippen molar-refractivity contribution in [2.45, 2.75) is 19.9 Å². The van der Waals surface area contributed by atoms with Crippen LogP contribution in [0.2, 0.25) is 0 Å². The molecule has 1 atom stereocenters. The number of cyclic esters (lactones) is 1. The van der Waals surface area contributed by atoms with Crippen LogP contribution < -0.4 is 20.9 Å². The Morgan fingerprint density at radius 3 is 2.57 bits per heavy atom. The number of hydrogen-bond acceptors (Lipinski definition) is 4. The van der Waals surface area contributed by atoms with E-state index < -0.39 is 12.1 Å². The summed E-state index contributed by atoms with van der Waals surface area (Å²) in [5, 5.41) is 7.80. The smallest absolute Gasteiger partial charge is 0.414 e. The van der Waals surface area contributed by atoms with Crippen molar-refractivity contribution in [1.82, 2.24) is 10.6 Å². The number of likely N-dealkylation sites (N-methyl/N-ethyl adjacent to an activating group) is 1. The second-order valence-electron chi connectivity index (χ2n) is 5.03. The molecule has 1 saturated heterocycles. The van der Waals surface area contributed by atoms with Crippen LogP contribution in [0.4, 0.5) is 21.0 Å². The summed E-state index contributed by atoms with van der Waals surface area (Å²) >= 11 is 0. The Hall–Kier alpha value is -2.77. The molecule has 1 aromatic carbocycles. The van der Waals surface area contributed by atoms with Crippen molar-refractivity contribution >= 4 is 29.4 Å². The highest BCUT2D eigenvalue weighted by molar-refractivity contribution is 5.94. The molecule has 124 valence electrons. The molecule has 2 rings (SSSR count). The molecular weight excluding hydrogens is 300 g/mol. The van der Waals surface area contributed by atoms with E-state index in [1.54, 1.807) is 31.2 Å². The molecule has 3 N–H and O–H groups in total. The minimum atomic E-state index is -0.631. The fourth-order valence-corrected chi connectivity index (χ4v) is 2.11. The molecule has 1 aromatic rings. The van der Waals surface area contributed by atoms with E-state index in [0.717, 1.165) is 0 Å². The van der Waals surface area contributed by atoms with Gasteiger partial charge in [-0.15, -0.1) is 0 Å². The van der Waals surface area contributed by atoms with Gasteiger partial charge in [0.15, 0.2) is 0 Å². The minimum Gasteiger partial charge on any atom is -0.447 e. The summed E-state index contributed by atoms with van der Waals surface area (Å²) in [5.74, 6) is -0.245. The van der Waals surface area contributed by atoms with Gasteiger partial charge in [-0.2, -0.15) is 0 Å². The number of urea groups is 1. The Morgan fingerprint density at radius 2 is 2.00 bits per heavy atom. The molecule has 1 fully saturated rings. The van der Waals surface area contributed by atoms with Gasteiger partial charge in [0.25, 0.3) is 0 Å². The monoisotopic (exact) mass is 320 g/mol. The Morgan fingerprint density at radius 1 is 1.30 bits per heavy atom. The van der Waals surface area contributed by atoms with Crippen LogP contribution in [-0.2, 0) is 9.53 Å². The summed E-state index contributed by atoms with van der Waals surface area (Å²) in [6.45, 7) is 4.80. The predicted molar refractivity (Wildman–Crippen MR) is 85.4 cm³/mol. The topological polar surface area (TPSA) is 99.8 Å². The molecule has 0 aromatic heterocycles. The zero-order chi connectivity index (χ0) is 16.8. The maximum absolute atomic E-state index is 11.8. The first-order chi connectivity index (χ1) is 11.0. The molecule has 4 amide bonds. The third kappa shape index (κ3) is 4.35. The zero-order valence-corrected chi connectivity index (χ0v) is 13.1. The van der Waals surface area contributed by atoms with Gasteiger partial charge in [-0.25, -0.2) is 9.59 Å². The van der Waals surface area contributed by atoms with Crippen molar-refractivity contribution in [3.8, 4) is 0 Å². The Kier molecular flexibility index (Phi) is 5.40. The second kappa shape index (κ2) is 7.48. The molecule has 1 aliphatic rings. The molecule has 0 unspecified atom stereocenters. The molecule has 0 saturated carbocycles. The lowest BCUT2D eigenvalue weighted by atomic mass is 10.2. The van der Waals surface area contributed by atoms with Crippen LogP contribution in [0.25, 0.3) is 0 Å². The van der Waals surface area contributed by atoms with Crippen LogP contribution in [0, 0.1) is 0 Å². The van der Waals surface area contributed by atoms with Gasteiger partial charge in [0.05, 0.1) is 6.54 Å². The lowest BCUT2D eigenvalue weighted by Crippen LogP contribution is -2.46. The van der Waals surface area contributed by atoms with Crippen LogP contribution in [0.15, 0.2) is 24.3 Å². The number of ether oxygens (including phenoxy) is 1. The second-order valence-corrected chi connectivity index (χ2v) is 5.03. The summed E-state index contributed by atoms with van der Waals surface area (Å²) in [6.07, 6.45) is -0.376. The van der Waals surface area contributed by atoms with E-state index in [4.69, 9.17) is 4.74 Å². The van der Waals surface area contributed by atoms with Crippen LogP contribution in [-0.4, -0.2) is 43.8 Å². The van der Waals surface area contributed by atoms with E-state index >= 15 is 0 Å². The number of carbonyl (C=O) groups excluding carboxylic acids is 3. The van der Waals surface area contributed by atoms with Gasteiger partial charge in [0, 0.05) is 17.9 Å². The molecule has 23 heavy (non-hydrogen) atoms. The van der Waals surface area contributed by atoms with Gasteiger partial charge in [0.1, 0.15) is 12.6 Å². The molecule has 0 bridgehead atoms. The van der Waals surface area contributed by atoms with Crippen molar-refractivity contribution < 1.29 is 19.1 Å². The van der Waals surface area contributed by atoms with Crippen molar-refractivity contribution in [1.29, 1.82) is 0 Å². The molecule has 0 aliphatic carbocycles. The van der Waals surface area contributed by atoms with E-state index in [2.05, 4.69) is 16.0 Å². The largest absolute Gasteiger partial charge is 0.447 e. The number of nitrogens with zero attached hydrogens (tertiary/aromatic N) is 1. The molecule has 1 heterocycles. The van der Waals surface area contributed by atoms with Crippen LogP contribution in [0.3, 0.4) is 0 Å². The van der Waals surface area contributed by atoms with E-state index in [0.29, 0.717) is 31.1 Å². The molecule has 0 spiro atoms. The number of rotatable bonds is 5. The number of anilines is 2. The van der Waals surface area contributed by atoms with Gasteiger partial charge in [-0.1, -0.05) is 0 Å². The van der Waals surface area contributed by atoms with Crippen molar-refractivity contribution in [2.75, 3.05) is 29.9 Å². The first-order valence-electron chi connectivity index (χ1n) is 7.41. The highest BCUT2D eigenvalue weighted by atomic mass is 16.6. The number of hydrogen-bond donors (Lipinski definition) is 3. The summed E-state index contributed by atoms with van der Waals surface area (Å²) in [5.41, 5.74) is 1.26. The summed E-state index contributed by atoms with van der Waals surface area (Å²) in [4.78, 5) is 36.4. The van der Waals surface area contributed by atoms with Crippen molar-refractivity contribution in [3.63, 3.8) is 0 Å². The normalized spacial score (nSPS) is 14.9. The van der Waals surface area contributed by atoms with E-state index in [9.17, 15) is 14.4 Å². The summed E-state index contributed by atoms with van der Waals surface area (Å²) < 4.78 is 4.87. The fourth-order valence-electron chi connectivity index (χ4n) is 2.11. The van der Waals surface area contributed by atoms with Crippen molar-refractivity contribution in [3.05, 3.63) is 24.3 Å². The van der Waals surface area contributed by atoms with E-state index in [-0.39, 0.29) is 12.0 Å². The van der Waals surface area contributed by atoms with Gasteiger partial charge in [0.2, 0.25) is 5.91 Å². The third-order valence-corrected chi connectivity index (χ3v) is 3.29. The predicted octanol–water partition coefficient (Wildman–Crippen LogP) is 1.29. The molecule has 1 aliphatic heterocycles. The average Bonchev–Trinajstić information content (AvgIpc) is 2.94. The Labute approximate surface area is 134 Å². The number of benzene rings is 1. The van der Waals surface area contributed by atoms with Crippen LogP contribution in [0.1, 0.15) is 13.8 Å². The zero-order valence-electron chi connectivity index (χ0n) is 13.1. The number of amides is 4. The molecule has 0 radical (unpaired) electrons. The lowest BCUT2D eigenvalue weighted by Gasteiger charge is -2.15. The van der Waals surface area contributed by atoms with E-state index in [1.807, 2.05) is 6.92 Å². The molecule has 8 heteroatoms. The molecular formula is C15H20N4O4. The number of carbonyl (C=O) groups is 3. The van der Waals surface area contributed by atoms with Gasteiger partial charge < -0.3 is 20.7 Å². The third-order valence-electron chi connectivity index (χ3n) is 3.29. The first kappa shape index (κ1) is 16.6. The fraction of sp³-hybridized carbons (Fsp3) is 0.400. The van der Waals surface area contributed by atoms with Crippen LogP contribution in [0.5, 0.6) is 0 Å². The van der Waals surface area contributed by atoms with E-state index in [1.165, 1.54) is 4.90 Å². The first-order valence-corrected chi connectivity index (χ1v) is 7.41. The summed E-state index contributed by atoms with van der Waals surface area (Å²) in [6, 6.07) is 5.69. The van der Waals surface area contributed by atoms with Crippen LogP contribution >= 0.6 is 0 Å². The minimum absolute atomic E-state index is 0.245. The van der Waals surface area contributed by atoms with Gasteiger partial charge in [-0.05, 0) is 38.1 Å². The van der Waals surface area contributed by atoms with Gasteiger partial charge in [-0.3, -0.25) is 9.69 Å². The standard InChI is InChI=1S/C15H20N4O4/c1-3-16-13(20)10(2)17-14(21)18-11-4-6-12(7-5-11)19-8-9-23-15(19)22/h4-7,10H,3,8-9H2,1-2H3,(H,16,20)(H2,17,18,21)/t10-/m0/s1. The van der Waals surface area contributed by atoms with Gasteiger partial charge >= 0.3 is 12.1 Å². The number of nitrogens with one attached hydrogen (secondary N) is 3. The molecule has 8 nitrogen and oxygen atoms in total.